The Morgan fingerprint density at radius 2 is 1.72 bits per heavy atom. The molecule has 5 rings (SSSR count). The Labute approximate surface area is 169 Å². The number of likely N-dealkylation sites (tertiary alicyclic amines) is 1. The van der Waals surface area contributed by atoms with Crippen LogP contribution in [0.1, 0.15) is 51.9 Å². The lowest BCUT2D eigenvalue weighted by Crippen LogP contribution is -2.38. The molecule has 0 bridgehead atoms. The van der Waals surface area contributed by atoms with Crippen LogP contribution in [0.3, 0.4) is 0 Å². The second-order valence-corrected chi connectivity index (χ2v) is 8.08. The first-order chi connectivity index (χ1) is 14.0. The largest absolute Gasteiger partial charge is 0.451 e. The van der Waals surface area contributed by atoms with E-state index in [1.165, 1.54) is 11.1 Å². The van der Waals surface area contributed by atoms with E-state index in [1.807, 2.05) is 42.2 Å². The fraction of sp³-hybridized carbons (Fsp3) is 0.333. The molecule has 5 nitrogen and oxygen atoms in total. The van der Waals surface area contributed by atoms with Crippen LogP contribution in [0.5, 0.6) is 0 Å². The summed E-state index contributed by atoms with van der Waals surface area (Å²) in [5, 5.41) is 1.03. The molecule has 0 unspecified atom stereocenters. The quantitative estimate of drug-likeness (QED) is 0.454. The van der Waals surface area contributed by atoms with Gasteiger partial charge in [-0.15, -0.1) is 0 Å². The maximum atomic E-state index is 13.1. The maximum Gasteiger partial charge on any atom is 0.289 e. The molecule has 0 aliphatic carbocycles. The van der Waals surface area contributed by atoms with E-state index in [4.69, 9.17) is 8.83 Å². The molecule has 0 saturated carbocycles. The smallest absolute Gasteiger partial charge is 0.289 e. The number of aryl methyl sites for hydroxylation is 3. The summed E-state index contributed by atoms with van der Waals surface area (Å²) in [7, 11) is 0. The highest BCUT2D eigenvalue weighted by atomic mass is 16.4. The summed E-state index contributed by atoms with van der Waals surface area (Å²) in [6, 6.07) is 12.0. The number of hydrogen-bond acceptors (Lipinski definition) is 4. The molecule has 1 amide bonds. The normalized spacial score (nSPS) is 15.5. The molecule has 5 heteroatoms. The Bertz CT molecular complexity index is 1190. The average molecular weight is 388 g/mol. The SMILES string of the molecule is Cc1cc2oc(C(=O)N3CCC(c4nc5ccccc5o4)CC3)c(C)c2cc1C. The zero-order valence-corrected chi connectivity index (χ0v) is 17.0. The number of amides is 1. The van der Waals surface area contributed by atoms with E-state index in [2.05, 4.69) is 24.9 Å². The highest BCUT2D eigenvalue weighted by Gasteiger charge is 2.30. The Kier molecular flexibility index (Phi) is 4.19. The third kappa shape index (κ3) is 3.01. The third-order valence-electron chi connectivity index (χ3n) is 6.19. The van der Waals surface area contributed by atoms with Crippen LogP contribution in [-0.2, 0) is 0 Å². The number of benzene rings is 2. The van der Waals surface area contributed by atoms with E-state index in [0.717, 1.165) is 46.4 Å². The van der Waals surface area contributed by atoms with Gasteiger partial charge in [0.25, 0.3) is 5.91 Å². The van der Waals surface area contributed by atoms with Crippen molar-refractivity contribution in [2.45, 2.75) is 39.5 Å². The summed E-state index contributed by atoms with van der Waals surface area (Å²) in [6.45, 7) is 7.47. The molecule has 0 atom stereocenters. The highest BCUT2D eigenvalue weighted by molar-refractivity contribution is 5.99. The van der Waals surface area contributed by atoms with Gasteiger partial charge in [-0.25, -0.2) is 4.98 Å². The first-order valence-corrected chi connectivity index (χ1v) is 10.2. The molecule has 2 aromatic carbocycles. The summed E-state index contributed by atoms with van der Waals surface area (Å²) in [5.41, 5.74) is 5.81. The monoisotopic (exact) mass is 388 g/mol. The summed E-state index contributed by atoms with van der Waals surface area (Å²) in [6.07, 6.45) is 1.69. The molecule has 1 aliphatic heterocycles. The van der Waals surface area contributed by atoms with Gasteiger partial charge < -0.3 is 13.7 Å². The van der Waals surface area contributed by atoms with Crippen molar-refractivity contribution in [3.63, 3.8) is 0 Å². The summed E-state index contributed by atoms with van der Waals surface area (Å²) in [4.78, 5) is 19.7. The van der Waals surface area contributed by atoms with Gasteiger partial charge in [-0.2, -0.15) is 0 Å². The maximum absolute atomic E-state index is 13.1. The number of aromatic nitrogens is 1. The summed E-state index contributed by atoms with van der Waals surface area (Å²) in [5.74, 6) is 1.47. The lowest BCUT2D eigenvalue weighted by Gasteiger charge is -2.30. The van der Waals surface area contributed by atoms with Crippen molar-refractivity contribution in [3.8, 4) is 0 Å². The van der Waals surface area contributed by atoms with Crippen LogP contribution in [0, 0.1) is 20.8 Å². The van der Waals surface area contributed by atoms with Crippen LogP contribution in [0.4, 0.5) is 0 Å². The molecule has 4 aromatic rings. The molecule has 2 aromatic heterocycles. The van der Waals surface area contributed by atoms with Crippen molar-refractivity contribution in [2.24, 2.45) is 0 Å². The predicted octanol–water partition coefficient (Wildman–Crippen LogP) is 5.52. The number of piperidine rings is 1. The van der Waals surface area contributed by atoms with Gasteiger partial charge in [0, 0.05) is 30.0 Å². The van der Waals surface area contributed by atoms with Gasteiger partial charge in [0.15, 0.2) is 17.2 Å². The van der Waals surface area contributed by atoms with Crippen LogP contribution in [-0.4, -0.2) is 28.9 Å². The predicted molar refractivity (Wildman–Crippen MR) is 112 cm³/mol. The molecule has 0 spiro atoms. The fourth-order valence-electron chi connectivity index (χ4n) is 4.22. The first-order valence-electron chi connectivity index (χ1n) is 10.2. The summed E-state index contributed by atoms with van der Waals surface area (Å²) >= 11 is 0. The van der Waals surface area contributed by atoms with Crippen LogP contribution in [0.2, 0.25) is 0 Å². The van der Waals surface area contributed by atoms with Gasteiger partial charge in [0.2, 0.25) is 0 Å². The van der Waals surface area contributed by atoms with Crippen LogP contribution in [0.15, 0.2) is 45.2 Å². The Balaban J connectivity index is 1.34. The van der Waals surface area contributed by atoms with E-state index in [1.54, 1.807) is 0 Å². The molecule has 3 heterocycles. The highest BCUT2D eigenvalue weighted by Crippen LogP contribution is 2.32. The molecule has 1 saturated heterocycles. The topological polar surface area (TPSA) is 59.5 Å². The minimum absolute atomic E-state index is 0.0231. The number of carbonyl (C=O) groups is 1. The van der Waals surface area contributed by atoms with Crippen molar-refractivity contribution >= 4 is 28.0 Å². The molecule has 0 N–H and O–H groups in total. The van der Waals surface area contributed by atoms with Gasteiger partial charge in [-0.05, 0) is 69.0 Å². The number of hydrogen-bond donors (Lipinski definition) is 0. The number of nitrogens with zero attached hydrogens (tertiary/aromatic N) is 2. The molecular formula is C24H24N2O3. The number of oxazole rings is 1. The minimum atomic E-state index is -0.0231. The number of para-hydroxylation sites is 2. The zero-order chi connectivity index (χ0) is 20.1. The van der Waals surface area contributed by atoms with Crippen molar-refractivity contribution in [1.82, 2.24) is 9.88 Å². The third-order valence-corrected chi connectivity index (χ3v) is 6.19. The molecule has 1 aliphatic rings. The minimum Gasteiger partial charge on any atom is -0.451 e. The summed E-state index contributed by atoms with van der Waals surface area (Å²) < 4.78 is 11.9. The second-order valence-electron chi connectivity index (χ2n) is 8.08. The molecule has 0 radical (unpaired) electrons. The van der Waals surface area contributed by atoms with E-state index < -0.39 is 0 Å². The van der Waals surface area contributed by atoms with Crippen molar-refractivity contribution in [2.75, 3.05) is 13.1 Å². The van der Waals surface area contributed by atoms with E-state index in [0.29, 0.717) is 18.8 Å². The van der Waals surface area contributed by atoms with Crippen molar-refractivity contribution in [3.05, 3.63) is 64.7 Å². The van der Waals surface area contributed by atoms with Crippen LogP contribution in [0.25, 0.3) is 22.1 Å². The Morgan fingerprint density at radius 1 is 1.00 bits per heavy atom. The zero-order valence-electron chi connectivity index (χ0n) is 17.0. The number of fused-ring (bicyclic) bond motifs is 2. The van der Waals surface area contributed by atoms with Gasteiger partial charge in [-0.3, -0.25) is 4.79 Å². The van der Waals surface area contributed by atoms with E-state index in [9.17, 15) is 4.79 Å². The van der Waals surface area contributed by atoms with Crippen LogP contribution >= 0.6 is 0 Å². The Morgan fingerprint density at radius 3 is 2.48 bits per heavy atom. The lowest BCUT2D eigenvalue weighted by atomic mass is 9.96. The molecular weight excluding hydrogens is 364 g/mol. The number of rotatable bonds is 2. The van der Waals surface area contributed by atoms with Gasteiger partial charge >= 0.3 is 0 Å². The standard InChI is InChI=1S/C24H24N2O3/c1-14-12-18-16(3)22(28-21(18)13-15(14)2)24(27)26-10-8-17(9-11-26)23-25-19-6-4-5-7-20(19)29-23/h4-7,12-13,17H,8-11H2,1-3H3. The Hall–Kier alpha value is -3.08. The number of carbonyl (C=O) groups excluding carboxylic acids is 1. The van der Waals surface area contributed by atoms with Crippen molar-refractivity contribution in [1.29, 1.82) is 0 Å². The van der Waals surface area contributed by atoms with Gasteiger partial charge in [-0.1, -0.05) is 12.1 Å². The molecule has 1 fully saturated rings. The fourth-order valence-corrected chi connectivity index (χ4v) is 4.22. The van der Waals surface area contributed by atoms with Crippen LogP contribution < -0.4 is 0 Å². The molecule has 148 valence electrons. The first kappa shape index (κ1) is 18.0. The lowest BCUT2D eigenvalue weighted by molar-refractivity contribution is 0.0676. The average Bonchev–Trinajstić information content (AvgIpc) is 3.30. The van der Waals surface area contributed by atoms with Gasteiger partial charge in [0.05, 0.1) is 0 Å². The van der Waals surface area contributed by atoms with Gasteiger partial charge in [0.1, 0.15) is 11.1 Å². The van der Waals surface area contributed by atoms with E-state index >= 15 is 0 Å². The number of furan rings is 1. The van der Waals surface area contributed by atoms with E-state index in [-0.39, 0.29) is 11.8 Å². The second kappa shape index (κ2) is 6.76. The molecule has 29 heavy (non-hydrogen) atoms. The van der Waals surface area contributed by atoms with Crippen molar-refractivity contribution < 1.29 is 13.6 Å².